The van der Waals surface area contributed by atoms with Crippen molar-refractivity contribution in [2.75, 3.05) is 0 Å². The normalized spacial score (nSPS) is 10.9. The molecule has 1 aromatic carbocycles. The Labute approximate surface area is 162 Å². The number of hydrogen-bond donors (Lipinski definition) is 0. The number of thiophene rings is 1. The van der Waals surface area contributed by atoms with E-state index in [2.05, 4.69) is 10.1 Å². The molecule has 0 aliphatic heterocycles. The highest BCUT2D eigenvalue weighted by Crippen LogP contribution is 2.23. The lowest BCUT2D eigenvalue weighted by atomic mass is 10.1. The van der Waals surface area contributed by atoms with Crippen molar-refractivity contribution in [3.8, 4) is 22.8 Å². The molecule has 3 aromatic heterocycles. The van der Waals surface area contributed by atoms with Gasteiger partial charge >= 0.3 is 0 Å². The molecule has 0 fully saturated rings. The van der Waals surface area contributed by atoms with Crippen molar-refractivity contribution in [3.63, 3.8) is 0 Å². The molecule has 0 aliphatic rings. The van der Waals surface area contributed by atoms with E-state index in [-0.39, 0.29) is 23.8 Å². The molecule has 134 valence electrons. The molecule has 3 heterocycles. The number of Topliss-reactive ketones (excluding diaryl/α,β-unsaturated/α-hetero) is 1. The molecule has 0 saturated heterocycles. The van der Waals surface area contributed by atoms with Gasteiger partial charge in [-0.15, -0.1) is 0 Å². The summed E-state index contributed by atoms with van der Waals surface area (Å²) in [6.45, 7) is -0.113. The van der Waals surface area contributed by atoms with E-state index in [9.17, 15) is 9.59 Å². The molecular formula is C19H12ClN3O3S. The van der Waals surface area contributed by atoms with E-state index in [1.54, 1.807) is 30.3 Å². The summed E-state index contributed by atoms with van der Waals surface area (Å²) >= 11 is 7.46. The van der Waals surface area contributed by atoms with Gasteiger partial charge in [-0.05, 0) is 29.6 Å². The van der Waals surface area contributed by atoms with E-state index >= 15 is 0 Å². The molecule has 6 nitrogen and oxygen atoms in total. The van der Waals surface area contributed by atoms with Crippen LogP contribution in [0.2, 0.25) is 5.02 Å². The summed E-state index contributed by atoms with van der Waals surface area (Å²) in [6, 6.07) is 11.5. The third-order valence-corrected chi connectivity index (χ3v) is 4.81. The van der Waals surface area contributed by atoms with Gasteiger partial charge in [0.1, 0.15) is 0 Å². The molecule has 4 rings (SSSR count). The Morgan fingerprint density at radius 3 is 2.85 bits per heavy atom. The number of hydrogen-bond acceptors (Lipinski definition) is 6. The molecule has 0 bridgehead atoms. The van der Waals surface area contributed by atoms with Crippen molar-refractivity contribution in [1.82, 2.24) is 14.7 Å². The maximum atomic E-state index is 12.5. The zero-order valence-corrected chi connectivity index (χ0v) is 15.4. The van der Waals surface area contributed by atoms with Crippen LogP contribution in [0.15, 0.2) is 68.7 Å². The van der Waals surface area contributed by atoms with Crippen molar-refractivity contribution in [1.29, 1.82) is 0 Å². The maximum absolute atomic E-state index is 12.5. The van der Waals surface area contributed by atoms with Crippen LogP contribution >= 0.6 is 22.9 Å². The Morgan fingerprint density at radius 1 is 1.19 bits per heavy atom. The summed E-state index contributed by atoms with van der Waals surface area (Å²) in [6.07, 6.45) is 1.54. The van der Waals surface area contributed by atoms with Gasteiger partial charge in [0.2, 0.25) is 5.82 Å². The number of benzene rings is 1. The first-order valence-electron chi connectivity index (χ1n) is 7.96. The average molecular weight is 398 g/mol. The zero-order chi connectivity index (χ0) is 18.8. The average Bonchev–Trinajstić information content (AvgIpc) is 3.35. The Morgan fingerprint density at radius 2 is 2.07 bits per heavy atom. The van der Waals surface area contributed by atoms with Crippen LogP contribution in [0.4, 0.5) is 0 Å². The number of aromatic nitrogens is 3. The molecule has 0 unspecified atom stereocenters. The molecule has 0 amide bonds. The van der Waals surface area contributed by atoms with Gasteiger partial charge in [-0.25, -0.2) is 0 Å². The third-order valence-electron chi connectivity index (χ3n) is 3.90. The van der Waals surface area contributed by atoms with Crippen LogP contribution in [0, 0.1) is 0 Å². The highest BCUT2D eigenvalue weighted by molar-refractivity contribution is 7.08. The van der Waals surface area contributed by atoms with E-state index in [4.69, 9.17) is 16.1 Å². The molecule has 27 heavy (non-hydrogen) atoms. The molecule has 0 radical (unpaired) electrons. The van der Waals surface area contributed by atoms with Crippen LogP contribution in [-0.2, 0) is 6.54 Å². The molecule has 0 saturated carbocycles. The van der Waals surface area contributed by atoms with Gasteiger partial charge in [-0.1, -0.05) is 28.9 Å². The fourth-order valence-corrected chi connectivity index (χ4v) is 3.36. The first kappa shape index (κ1) is 17.4. The van der Waals surface area contributed by atoms with Gasteiger partial charge < -0.3 is 9.09 Å². The SMILES string of the molecule is O=C(Cn1cc(-c2nc(-c3ccsc3)no2)ccc1=O)c1cccc(Cl)c1. The largest absolute Gasteiger partial charge is 0.334 e. The Hall–Kier alpha value is -3.03. The van der Waals surface area contributed by atoms with Gasteiger partial charge in [0.15, 0.2) is 5.78 Å². The summed E-state index contributed by atoms with van der Waals surface area (Å²) in [5.41, 5.74) is 1.56. The van der Waals surface area contributed by atoms with Crippen LogP contribution in [0.3, 0.4) is 0 Å². The van der Waals surface area contributed by atoms with Crippen LogP contribution < -0.4 is 5.56 Å². The highest BCUT2D eigenvalue weighted by atomic mass is 35.5. The minimum Gasteiger partial charge on any atom is -0.334 e. The Balaban J connectivity index is 1.62. The van der Waals surface area contributed by atoms with E-state index in [0.29, 0.717) is 22.0 Å². The molecule has 0 spiro atoms. The number of halogens is 1. The van der Waals surface area contributed by atoms with Gasteiger partial charge in [0.25, 0.3) is 11.4 Å². The van der Waals surface area contributed by atoms with Crippen molar-refractivity contribution < 1.29 is 9.32 Å². The number of rotatable bonds is 5. The molecular weight excluding hydrogens is 386 g/mol. The van der Waals surface area contributed by atoms with Gasteiger partial charge in [-0.3, -0.25) is 9.59 Å². The van der Waals surface area contributed by atoms with E-state index in [0.717, 1.165) is 5.56 Å². The predicted molar refractivity (Wildman–Crippen MR) is 103 cm³/mol. The first-order chi connectivity index (χ1) is 13.1. The number of carbonyl (C=O) groups excluding carboxylic acids is 1. The van der Waals surface area contributed by atoms with Crippen molar-refractivity contribution in [2.45, 2.75) is 6.54 Å². The van der Waals surface area contributed by atoms with Crippen molar-refractivity contribution in [3.05, 3.63) is 80.4 Å². The number of ketones is 1. The molecule has 0 aliphatic carbocycles. The number of carbonyl (C=O) groups is 1. The Kier molecular flexibility index (Phi) is 4.70. The molecule has 8 heteroatoms. The lowest BCUT2D eigenvalue weighted by Gasteiger charge is -2.06. The fraction of sp³-hybridized carbons (Fsp3) is 0.0526. The fourth-order valence-electron chi connectivity index (χ4n) is 2.54. The van der Waals surface area contributed by atoms with E-state index in [1.807, 2.05) is 16.8 Å². The predicted octanol–water partition coefficient (Wildman–Crippen LogP) is 4.16. The van der Waals surface area contributed by atoms with Crippen LogP contribution in [0.5, 0.6) is 0 Å². The lowest BCUT2D eigenvalue weighted by Crippen LogP contribution is -2.23. The van der Waals surface area contributed by atoms with E-state index < -0.39 is 0 Å². The summed E-state index contributed by atoms with van der Waals surface area (Å²) in [5.74, 6) is 0.528. The molecule has 4 aromatic rings. The topological polar surface area (TPSA) is 78.0 Å². The smallest absolute Gasteiger partial charge is 0.259 e. The monoisotopic (exact) mass is 397 g/mol. The maximum Gasteiger partial charge on any atom is 0.259 e. The van der Waals surface area contributed by atoms with Gasteiger partial charge in [-0.2, -0.15) is 16.3 Å². The minimum atomic E-state index is -0.299. The first-order valence-corrected chi connectivity index (χ1v) is 9.28. The Bertz CT molecular complexity index is 1160. The summed E-state index contributed by atoms with van der Waals surface area (Å²) in [5, 5.41) is 8.26. The van der Waals surface area contributed by atoms with Crippen LogP contribution in [0.25, 0.3) is 22.8 Å². The van der Waals surface area contributed by atoms with Crippen LogP contribution in [0.1, 0.15) is 10.4 Å². The molecule has 0 atom stereocenters. The summed E-state index contributed by atoms with van der Waals surface area (Å²) in [7, 11) is 0. The second kappa shape index (κ2) is 7.30. The van der Waals surface area contributed by atoms with Crippen LogP contribution in [-0.4, -0.2) is 20.5 Å². The minimum absolute atomic E-state index is 0.113. The quantitative estimate of drug-likeness (QED) is 0.472. The second-order valence-electron chi connectivity index (χ2n) is 5.75. The summed E-state index contributed by atoms with van der Waals surface area (Å²) < 4.78 is 6.61. The lowest BCUT2D eigenvalue weighted by molar-refractivity contribution is 0.0971. The van der Waals surface area contributed by atoms with Crippen molar-refractivity contribution >= 4 is 28.7 Å². The zero-order valence-electron chi connectivity index (χ0n) is 13.8. The van der Waals surface area contributed by atoms with Gasteiger partial charge in [0, 0.05) is 33.8 Å². The van der Waals surface area contributed by atoms with Gasteiger partial charge in [0.05, 0.1) is 12.1 Å². The molecule has 0 N–H and O–H groups in total. The highest BCUT2D eigenvalue weighted by Gasteiger charge is 2.14. The standard InChI is InChI=1S/C19H12ClN3O3S/c20-15-3-1-2-12(8-15)16(24)10-23-9-13(4-5-17(23)25)19-21-18(22-26-19)14-6-7-27-11-14/h1-9,11H,10H2. The van der Waals surface area contributed by atoms with Crippen molar-refractivity contribution in [2.24, 2.45) is 0 Å². The van der Waals surface area contributed by atoms with E-state index in [1.165, 1.54) is 28.2 Å². The summed E-state index contributed by atoms with van der Waals surface area (Å²) in [4.78, 5) is 29.0. The number of nitrogens with zero attached hydrogens (tertiary/aromatic N) is 3. The second-order valence-corrected chi connectivity index (χ2v) is 6.97. The number of pyridine rings is 1. The third kappa shape index (κ3) is 3.74.